The van der Waals surface area contributed by atoms with E-state index in [0.717, 1.165) is 29.7 Å². The van der Waals surface area contributed by atoms with Crippen LogP contribution >= 0.6 is 0 Å². The fourth-order valence-electron chi connectivity index (χ4n) is 3.56. The molecule has 0 radical (unpaired) electrons. The standard InChI is InChI=1S/C23H33NO4/c1-15(2)8-7-9-16(3)10-13-28-20-14-19-18(5)24(11-12-25)23(26)21(19)22(27-6)17(20)4/h8,10,14,18,25H,7,9,11-13H2,1-6H3. The molecular weight excluding hydrogens is 354 g/mol. The summed E-state index contributed by atoms with van der Waals surface area (Å²) in [6.45, 7) is 10.9. The SMILES string of the molecule is COc1c(C)c(OCC=C(C)CCC=C(C)C)cc2c1C(=O)N(CCO)C2C. The Morgan fingerprint density at radius 1 is 1.29 bits per heavy atom. The normalized spacial score (nSPS) is 16.2. The number of ether oxygens (including phenoxy) is 2. The zero-order valence-corrected chi connectivity index (χ0v) is 18.0. The first-order valence-electron chi connectivity index (χ1n) is 9.86. The number of hydrogen-bond acceptors (Lipinski definition) is 4. The number of carbonyl (C=O) groups is 1. The van der Waals surface area contributed by atoms with E-state index in [1.807, 2.05) is 19.9 Å². The third-order valence-corrected chi connectivity index (χ3v) is 5.21. The van der Waals surface area contributed by atoms with Gasteiger partial charge in [-0.2, -0.15) is 0 Å². The van der Waals surface area contributed by atoms with Crippen molar-refractivity contribution in [2.75, 3.05) is 26.9 Å². The van der Waals surface area contributed by atoms with Crippen LogP contribution in [0, 0.1) is 6.92 Å². The van der Waals surface area contributed by atoms with Crippen molar-refractivity contribution in [1.29, 1.82) is 0 Å². The smallest absolute Gasteiger partial charge is 0.258 e. The van der Waals surface area contributed by atoms with Crippen LogP contribution in [-0.4, -0.2) is 42.8 Å². The molecule has 5 heteroatoms. The quantitative estimate of drug-likeness (QED) is 0.630. The number of nitrogens with zero attached hydrogens (tertiary/aromatic N) is 1. The fourth-order valence-corrected chi connectivity index (χ4v) is 3.56. The van der Waals surface area contributed by atoms with E-state index in [1.54, 1.807) is 12.0 Å². The molecule has 0 spiro atoms. The van der Waals surface area contributed by atoms with Gasteiger partial charge in [0.1, 0.15) is 18.1 Å². The van der Waals surface area contributed by atoms with Crippen LogP contribution < -0.4 is 9.47 Å². The molecule has 28 heavy (non-hydrogen) atoms. The van der Waals surface area contributed by atoms with Gasteiger partial charge >= 0.3 is 0 Å². The van der Waals surface area contributed by atoms with Gasteiger partial charge in [0.15, 0.2) is 0 Å². The van der Waals surface area contributed by atoms with E-state index in [0.29, 0.717) is 24.5 Å². The van der Waals surface area contributed by atoms with Crippen molar-refractivity contribution in [3.8, 4) is 11.5 Å². The van der Waals surface area contributed by atoms with Gasteiger partial charge in [0.05, 0.1) is 25.3 Å². The zero-order valence-electron chi connectivity index (χ0n) is 18.0. The van der Waals surface area contributed by atoms with E-state index in [2.05, 4.69) is 32.9 Å². The highest BCUT2D eigenvalue weighted by Crippen LogP contribution is 2.43. The highest BCUT2D eigenvalue weighted by molar-refractivity contribution is 6.02. The molecule has 1 aromatic carbocycles. The maximum atomic E-state index is 12.8. The summed E-state index contributed by atoms with van der Waals surface area (Å²) in [6, 6.07) is 1.83. The Bertz CT molecular complexity index is 775. The number of rotatable bonds is 9. The van der Waals surface area contributed by atoms with E-state index < -0.39 is 0 Å². The van der Waals surface area contributed by atoms with Gasteiger partial charge < -0.3 is 19.5 Å². The number of aliphatic hydroxyl groups excluding tert-OH is 1. The van der Waals surface area contributed by atoms with E-state index in [9.17, 15) is 9.90 Å². The zero-order chi connectivity index (χ0) is 20.8. The van der Waals surface area contributed by atoms with Crippen molar-refractivity contribution in [3.05, 3.63) is 46.1 Å². The summed E-state index contributed by atoms with van der Waals surface area (Å²) >= 11 is 0. The number of fused-ring (bicyclic) bond motifs is 1. The second-order valence-electron chi connectivity index (χ2n) is 7.58. The number of β-amino-alcohol motifs (C(OH)–C–C–N with tert-alkyl or cyclic N) is 1. The first-order valence-corrected chi connectivity index (χ1v) is 9.86. The lowest BCUT2D eigenvalue weighted by Crippen LogP contribution is -2.29. The summed E-state index contributed by atoms with van der Waals surface area (Å²) in [5.74, 6) is 1.20. The Morgan fingerprint density at radius 2 is 2.00 bits per heavy atom. The van der Waals surface area contributed by atoms with Crippen molar-refractivity contribution < 1.29 is 19.4 Å². The predicted molar refractivity (Wildman–Crippen MR) is 112 cm³/mol. The minimum absolute atomic E-state index is 0.0639. The summed E-state index contributed by atoms with van der Waals surface area (Å²) in [5.41, 5.74) is 4.93. The monoisotopic (exact) mass is 387 g/mol. The summed E-state index contributed by atoms with van der Waals surface area (Å²) in [7, 11) is 1.58. The highest BCUT2D eigenvalue weighted by Gasteiger charge is 2.37. The lowest BCUT2D eigenvalue weighted by atomic mass is 10.0. The number of amides is 1. The van der Waals surface area contributed by atoms with Crippen molar-refractivity contribution in [2.24, 2.45) is 0 Å². The molecular formula is C23H33NO4. The van der Waals surface area contributed by atoms with Crippen molar-refractivity contribution in [2.45, 2.75) is 53.5 Å². The molecule has 1 aliphatic heterocycles. The van der Waals surface area contributed by atoms with Crippen molar-refractivity contribution in [1.82, 2.24) is 4.90 Å². The Balaban J connectivity index is 2.20. The van der Waals surface area contributed by atoms with E-state index in [-0.39, 0.29) is 18.6 Å². The molecule has 0 aromatic heterocycles. The Kier molecular flexibility index (Phi) is 7.69. The first kappa shape index (κ1) is 22.0. The van der Waals surface area contributed by atoms with E-state index in [4.69, 9.17) is 9.47 Å². The van der Waals surface area contributed by atoms with Gasteiger partial charge in [0, 0.05) is 12.1 Å². The topological polar surface area (TPSA) is 59.0 Å². The maximum absolute atomic E-state index is 12.8. The lowest BCUT2D eigenvalue weighted by Gasteiger charge is -2.20. The average Bonchev–Trinajstić information content (AvgIpc) is 2.87. The molecule has 0 saturated carbocycles. The van der Waals surface area contributed by atoms with Gasteiger partial charge in [0.25, 0.3) is 5.91 Å². The average molecular weight is 388 g/mol. The summed E-state index contributed by atoms with van der Waals surface area (Å²) in [4.78, 5) is 14.4. The Morgan fingerprint density at radius 3 is 2.61 bits per heavy atom. The fraction of sp³-hybridized carbons (Fsp3) is 0.522. The predicted octanol–water partition coefficient (Wildman–Crippen LogP) is 4.58. The lowest BCUT2D eigenvalue weighted by molar-refractivity contribution is 0.0696. The molecule has 1 N–H and O–H groups in total. The minimum atomic E-state index is -0.118. The molecule has 0 fully saturated rings. The van der Waals surface area contributed by atoms with Crippen LogP contribution in [0.5, 0.6) is 11.5 Å². The molecule has 1 atom stereocenters. The molecule has 1 heterocycles. The maximum Gasteiger partial charge on any atom is 0.258 e. The van der Waals surface area contributed by atoms with Crippen LogP contribution in [0.15, 0.2) is 29.4 Å². The second kappa shape index (κ2) is 9.78. The van der Waals surface area contributed by atoms with E-state index >= 15 is 0 Å². The van der Waals surface area contributed by atoms with E-state index in [1.165, 1.54) is 11.1 Å². The van der Waals surface area contributed by atoms with Gasteiger partial charge in [-0.05, 0) is 65.2 Å². The molecule has 2 rings (SSSR count). The number of carbonyl (C=O) groups excluding carboxylic acids is 1. The minimum Gasteiger partial charge on any atom is -0.495 e. The van der Waals surface area contributed by atoms with Gasteiger partial charge in [0.2, 0.25) is 0 Å². The van der Waals surface area contributed by atoms with Crippen LogP contribution in [-0.2, 0) is 0 Å². The number of hydrogen-bond donors (Lipinski definition) is 1. The van der Waals surface area contributed by atoms with Crippen LogP contribution in [0.25, 0.3) is 0 Å². The number of methoxy groups -OCH3 is 1. The summed E-state index contributed by atoms with van der Waals surface area (Å²) in [6.07, 6.45) is 6.40. The number of aliphatic hydroxyl groups is 1. The molecule has 1 aliphatic rings. The molecule has 5 nitrogen and oxygen atoms in total. The van der Waals surface area contributed by atoms with Crippen LogP contribution in [0.2, 0.25) is 0 Å². The Labute approximate surface area is 168 Å². The molecule has 0 bridgehead atoms. The molecule has 1 unspecified atom stereocenters. The highest BCUT2D eigenvalue weighted by atomic mass is 16.5. The molecule has 154 valence electrons. The van der Waals surface area contributed by atoms with Crippen LogP contribution in [0.1, 0.15) is 68.1 Å². The van der Waals surface area contributed by atoms with Crippen LogP contribution in [0.4, 0.5) is 0 Å². The third kappa shape index (κ3) is 4.76. The summed E-state index contributed by atoms with van der Waals surface area (Å²) < 4.78 is 11.6. The summed E-state index contributed by atoms with van der Waals surface area (Å²) in [5, 5.41) is 9.28. The third-order valence-electron chi connectivity index (χ3n) is 5.21. The van der Waals surface area contributed by atoms with Gasteiger partial charge in [-0.3, -0.25) is 4.79 Å². The van der Waals surface area contributed by atoms with Gasteiger partial charge in [-0.1, -0.05) is 17.2 Å². The molecule has 0 aliphatic carbocycles. The Hall–Kier alpha value is -2.27. The number of allylic oxidation sites excluding steroid dienone is 3. The largest absolute Gasteiger partial charge is 0.495 e. The molecule has 1 aromatic rings. The number of benzene rings is 1. The molecule has 1 amide bonds. The van der Waals surface area contributed by atoms with Gasteiger partial charge in [-0.25, -0.2) is 0 Å². The first-order chi connectivity index (χ1) is 13.3. The second-order valence-corrected chi connectivity index (χ2v) is 7.58. The van der Waals surface area contributed by atoms with Crippen molar-refractivity contribution >= 4 is 5.91 Å². The van der Waals surface area contributed by atoms with Crippen molar-refractivity contribution in [3.63, 3.8) is 0 Å². The molecule has 0 saturated heterocycles. The van der Waals surface area contributed by atoms with Gasteiger partial charge in [-0.15, -0.1) is 0 Å². The van der Waals surface area contributed by atoms with Crippen LogP contribution in [0.3, 0.4) is 0 Å².